The van der Waals surface area contributed by atoms with E-state index in [-0.39, 0.29) is 5.91 Å². The molecule has 0 unspecified atom stereocenters. The third-order valence-electron chi connectivity index (χ3n) is 4.31. The maximum Gasteiger partial charge on any atom is 0.273 e. The summed E-state index contributed by atoms with van der Waals surface area (Å²) in [5.74, 6) is 0.535. The normalized spacial score (nSPS) is 10.5. The zero-order chi connectivity index (χ0) is 20.1. The number of ether oxygens (including phenoxy) is 1. The molecule has 0 atom stereocenters. The lowest BCUT2D eigenvalue weighted by molar-refractivity contribution is 0.102. The van der Waals surface area contributed by atoms with Crippen LogP contribution in [0.25, 0.3) is 11.3 Å². The topological polar surface area (TPSA) is 67.0 Å². The van der Waals surface area contributed by atoms with Crippen molar-refractivity contribution in [3.8, 4) is 17.0 Å². The average Bonchev–Trinajstić information content (AvgIpc) is 3.26. The highest BCUT2D eigenvalue weighted by Gasteiger charge is 2.13. The van der Waals surface area contributed by atoms with Crippen LogP contribution >= 0.6 is 11.8 Å². The van der Waals surface area contributed by atoms with Crippen LogP contribution in [0.15, 0.2) is 94.7 Å². The number of nitrogens with one attached hydrogen (secondary N) is 2. The second-order valence-electron chi connectivity index (χ2n) is 6.26. The van der Waals surface area contributed by atoms with E-state index in [0.29, 0.717) is 11.4 Å². The Kier molecular flexibility index (Phi) is 5.63. The van der Waals surface area contributed by atoms with Gasteiger partial charge in [0.1, 0.15) is 11.4 Å². The van der Waals surface area contributed by atoms with Gasteiger partial charge in [-0.2, -0.15) is 5.10 Å². The number of methoxy groups -OCH3 is 1. The van der Waals surface area contributed by atoms with E-state index < -0.39 is 0 Å². The molecule has 1 aromatic heterocycles. The van der Waals surface area contributed by atoms with Gasteiger partial charge in [-0.15, -0.1) is 0 Å². The molecule has 0 spiro atoms. The smallest absolute Gasteiger partial charge is 0.273 e. The Morgan fingerprint density at radius 3 is 2.45 bits per heavy atom. The number of nitrogens with zero attached hydrogens (tertiary/aromatic N) is 1. The fourth-order valence-corrected chi connectivity index (χ4v) is 3.73. The van der Waals surface area contributed by atoms with Crippen molar-refractivity contribution in [1.82, 2.24) is 10.2 Å². The Balaban J connectivity index is 1.51. The second-order valence-corrected chi connectivity index (χ2v) is 7.38. The molecule has 0 radical (unpaired) electrons. The predicted octanol–water partition coefficient (Wildman–Crippen LogP) is 5.49. The van der Waals surface area contributed by atoms with Crippen LogP contribution in [0.5, 0.6) is 5.75 Å². The molecule has 6 heteroatoms. The van der Waals surface area contributed by atoms with Crippen LogP contribution in [0, 0.1) is 0 Å². The quantitative estimate of drug-likeness (QED) is 0.448. The van der Waals surface area contributed by atoms with Crippen molar-refractivity contribution in [2.75, 3.05) is 12.4 Å². The van der Waals surface area contributed by atoms with E-state index in [9.17, 15) is 4.79 Å². The van der Waals surface area contributed by atoms with Crippen LogP contribution in [0.1, 0.15) is 10.5 Å². The molecule has 0 aliphatic rings. The zero-order valence-electron chi connectivity index (χ0n) is 15.8. The summed E-state index contributed by atoms with van der Waals surface area (Å²) in [5, 5.41) is 10.1. The van der Waals surface area contributed by atoms with Gasteiger partial charge in [0, 0.05) is 15.4 Å². The van der Waals surface area contributed by atoms with Gasteiger partial charge in [0.05, 0.1) is 18.5 Å². The summed E-state index contributed by atoms with van der Waals surface area (Å²) in [7, 11) is 1.62. The third kappa shape index (κ3) is 4.50. The Morgan fingerprint density at radius 1 is 0.966 bits per heavy atom. The van der Waals surface area contributed by atoms with Crippen molar-refractivity contribution in [3.63, 3.8) is 0 Å². The summed E-state index contributed by atoms with van der Waals surface area (Å²) in [6.45, 7) is 0. The number of anilines is 1. The van der Waals surface area contributed by atoms with Gasteiger partial charge in [0.2, 0.25) is 0 Å². The van der Waals surface area contributed by atoms with Crippen molar-refractivity contribution in [1.29, 1.82) is 0 Å². The number of amides is 1. The van der Waals surface area contributed by atoms with Gasteiger partial charge in [0.25, 0.3) is 5.91 Å². The number of benzene rings is 3. The highest BCUT2D eigenvalue weighted by molar-refractivity contribution is 7.99. The van der Waals surface area contributed by atoms with Crippen LogP contribution in [0.2, 0.25) is 0 Å². The number of para-hydroxylation sites is 1. The first kappa shape index (κ1) is 18.8. The van der Waals surface area contributed by atoms with E-state index in [1.807, 2.05) is 78.9 Å². The van der Waals surface area contributed by atoms with Crippen LogP contribution in [0.3, 0.4) is 0 Å². The van der Waals surface area contributed by atoms with Crippen molar-refractivity contribution >= 4 is 23.4 Å². The van der Waals surface area contributed by atoms with Gasteiger partial charge >= 0.3 is 0 Å². The van der Waals surface area contributed by atoms with Crippen molar-refractivity contribution in [2.24, 2.45) is 0 Å². The number of carbonyl (C=O) groups excluding carboxylic acids is 1. The highest BCUT2D eigenvalue weighted by Crippen LogP contribution is 2.33. The highest BCUT2D eigenvalue weighted by atomic mass is 32.2. The Hall–Kier alpha value is -3.51. The van der Waals surface area contributed by atoms with E-state index in [2.05, 4.69) is 15.5 Å². The molecule has 2 N–H and O–H groups in total. The maximum atomic E-state index is 12.8. The zero-order valence-corrected chi connectivity index (χ0v) is 16.6. The van der Waals surface area contributed by atoms with Gasteiger partial charge in [-0.3, -0.25) is 9.89 Å². The van der Waals surface area contributed by atoms with Gasteiger partial charge in [-0.05, 0) is 54.6 Å². The van der Waals surface area contributed by atoms with Crippen molar-refractivity contribution in [3.05, 3.63) is 90.6 Å². The SMILES string of the molecule is COc1ccc(-c2cc(C(=O)Nc3ccccc3Sc3ccccc3)[nH]n2)cc1. The first-order valence-corrected chi connectivity index (χ1v) is 9.88. The van der Waals surface area contributed by atoms with Gasteiger partial charge in [-0.25, -0.2) is 0 Å². The molecule has 3 aromatic carbocycles. The summed E-state index contributed by atoms with van der Waals surface area (Å²) in [5.41, 5.74) is 2.76. The summed E-state index contributed by atoms with van der Waals surface area (Å²) in [4.78, 5) is 14.8. The first-order valence-electron chi connectivity index (χ1n) is 9.06. The van der Waals surface area contributed by atoms with Crippen LogP contribution in [-0.2, 0) is 0 Å². The van der Waals surface area contributed by atoms with Gasteiger partial charge < -0.3 is 10.1 Å². The summed E-state index contributed by atoms with van der Waals surface area (Å²) in [6, 6.07) is 27.1. The number of H-pyrrole nitrogens is 1. The molecule has 144 valence electrons. The minimum Gasteiger partial charge on any atom is -0.497 e. The summed E-state index contributed by atoms with van der Waals surface area (Å²) < 4.78 is 5.17. The molecule has 0 aliphatic heterocycles. The largest absolute Gasteiger partial charge is 0.497 e. The molecule has 0 fully saturated rings. The Morgan fingerprint density at radius 2 is 1.69 bits per heavy atom. The van der Waals surface area contributed by atoms with E-state index in [1.165, 1.54) is 0 Å². The number of hydrogen-bond acceptors (Lipinski definition) is 4. The molecule has 0 saturated heterocycles. The summed E-state index contributed by atoms with van der Waals surface area (Å²) in [6.07, 6.45) is 0. The number of rotatable bonds is 6. The molecule has 4 aromatic rings. The van der Waals surface area contributed by atoms with Crippen LogP contribution < -0.4 is 10.1 Å². The number of aromatic amines is 1. The molecule has 0 saturated carbocycles. The van der Waals surface area contributed by atoms with E-state index in [1.54, 1.807) is 24.9 Å². The first-order chi connectivity index (χ1) is 14.2. The fraction of sp³-hybridized carbons (Fsp3) is 0.0435. The summed E-state index contributed by atoms with van der Waals surface area (Å²) >= 11 is 1.60. The lowest BCUT2D eigenvalue weighted by Gasteiger charge is -2.10. The molecule has 29 heavy (non-hydrogen) atoms. The van der Waals surface area contributed by atoms with Gasteiger partial charge in [-0.1, -0.05) is 42.1 Å². The number of carbonyl (C=O) groups is 1. The molecule has 1 amide bonds. The molecule has 1 heterocycles. The predicted molar refractivity (Wildman–Crippen MR) is 116 cm³/mol. The number of aromatic nitrogens is 2. The second kappa shape index (κ2) is 8.67. The van der Waals surface area contributed by atoms with E-state index in [0.717, 1.165) is 26.8 Å². The van der Waals surface area contributed by atoms with Crippen LogP contribution in [0.4, 0.5) is 5.69 Å². The van der Waals surface area contributed by atoms with Crippen LogP contribution in [-0.4, -0.2) is 23.2 Å². The molecule has 0 bridgehead atoms. The number of hydrogen-bond donors (Lipinski definition) is 2. The minimum atomic E-state index is -0.238. The lowest BCUT2D eigenvalue weighted by Crippen LogP contribution is -2.12. The standard InChI is InChI=1S/C23H19N3O2S/c1-28-17-13-11-16(12-14-17)20-15-21(26-25-20)23(27)24-19-9-5-6-10-22(19)29-18-7-3-2-4-8-18/h2-15H,1H3,(H,24,27)(H,25,26). The molecule has 0 aliphatic carbocycles. The lowest BCUT2D eigenvalue weighted by atomic mass is 10.1. The maximum absolute atomic E-state index is 12.8. The molecular formula is C23H19N3O2S. The Labute approximate surface area is 173 Å². The molecular weight excluding hydrogens is 382 g/mol. The third-order valence-corrected chi connectivity index (χ3v) is 5.40. The monoisotopic (exact) mass is 401 g/mol. The van der Waals surface area contributed by atoms with E-state index in [4.69, 9.17) is 4.74 Å². The fourth-order valence-electron chi connectivity index (χ4n) is 2.81. The molecule has 5 nitrogen and oxygen atoms in total. The van der Waals surface area contributed by atoms with E-state index >= 15 is 0 Å². The minimum absolute atomic E-state index is 0.238. The van der Waals surface area contributed by atoms with Gasteiger partial charge in [0.15, 0.2) is 0 Å². The van der Waals surface area contributed by atoms with Crippen molar-refractivity contribution in [2.45, 2.75) is 9.79 Å². The van der Waals surface area contributed by atoms with Crippen molar-refractivity contribution < 1.29 is 9.53 Å². The molecule has 4 rings (SSSR count). The average molecular weight is 401 g/mol. The Bertz CT molecular complexity index is 1110.